The number of sulfonamides is 1. The first-order valence-corrected chi connectivity index (χ1v) is 13.9. The highest BCUT2D eigenvalue weighted by Gasteiger charge is 2.60. The first kappa shape index (κ1) is 23.4. The molecule has 2 saturated carbocycles. The fourth-order valence-electron chi connectivity index (χ4n) is 6.30. The molecule has 5 aliphatic rings. The number of rotatable bonds is 4. The average molecular weight is 538 g/mol. The first-order valence-electron chi connectivity index (χ1n) is 12.4. The van der Waals surface area contributed by atoms with Crippen molar-refractivity contribution in [3.8, 4) is 0 Å². The van der Waals surface area contributed by atoms with Crippen molar-refractivity contribution in [3.05, 3.63) is 36.2 Å². The number of aromatic nitrogens is 4. The van der Waals surface area contributed by atoms with E-state index < -0.39 is 21.9 Å². The predicted molar refractivity (Wildman–Crippen MR) is 122 cm³/mol. The minimum Gasteiger partial charge on any atom is -0.323 e. The predicted octanol–water partition coefficient (Wildman–Crippen LogP) is 2.33. The van der Waals surface area contributed by atoms with Crippen molar-refractivity contribution < 1.29 is 26.4 Å². The largest absolute Gasteiger partial charge is 0.433 e. The Hall–Kier alpha value is -2.74. The van der Waals surface area contributed by atoms with Gasteiger partial charge >= 0.3 is 12.2 Å². The number of likely N-dealkylation sites (tertiary alicyclic amines) is 2. The molecule has 2 amide bonds. The zero-order chi connectivity index (χ0) is 25.8. The second kappa shape index (κ2) is 7.43. The van der Waals surface area contributed by atoms with Crippen LogP contribution in [-0.4, -0.2) is 87.6 Å². The van der Waals surface area contributed by atoms with Gasteiger partial charge in [0.25, 0.3) is 0 Å². The lowest BCUT2D eigenvalue weighted by Crippen LogP contribution is -2.76. The van der Waals surface area contributed by atoms with Crippen molar-refractivity contribution in [1.82, 2.24) is 33.9 Å². The SMILES string of the molecule is O=C(N1CC2(CC(n3cnc(C4CC4)n3)C2)C1)N1CC2(C1)CN(S(=O)(=O)c1ccc(C(F)(F)F)nc1)C2. The van der Waals surface area contributed by atoms with Crippen LogP contribution in [0.4, 0.5) is 18.0 Å². The number of carbonyl (C=O) groups is 1. The Bertz CT molecular complexity index is 1340. The van der Waals surface area contributed by atoms with Gasteiger partial charge in [-0.2, -0.15) is 22.6 Å². The van der Waals surface area contributed by atoms with Gasteiger partial charge in [0.05, 0.1) is 6.04 Å². The summed E-state index contributed by atoms with van der Waals surface area (Å²) in [5.74, 6) is 1.49. The van der Waals surface area contributed by atoms with Gasteiger partial charge in [-0.15, -0.1) is 0 Å². The number of carbonyl (C=O) groups excluding carboxylic acids is 1. The van der Waals surface area contributed by atoms with Gasteiger partial charge in [0.1, 0.15) is 16.9 Å². The maximum absolute atomic E-state index is 12.9. The lowest BCUT2D eigenvalue weighted by Gasteiger charge is -2.63. The standard InChI is InChI=1S/C23H26F3N7O3S/c24-23(25,26)18-4-3-17(7-27-18)37(35,36)32-12-22(13-32)10-31(11-22)20(34)30-8-21(9-30)5-16(6-21)33-14-28-19(29-33)15-1-2-15/h3-4,7,14-16H,1-2,5-6,8-13H2. The molecule has 2 aromatic rings. The molecule has 2 spiro atoms. The Morgan fingerprint density at radius 1 is 0.946 bits per heavy atom. The molecule has 0 unspecified atom stereocenters. The summed E-state index contributed by atoms with van der Waals surface area (Å²) in [6, 6.07) is 1.96. The maximum atomic E-state index is 12.9. The van der Waals surface area contributed by atoms with Crippen LogP contribution in [0, 0.1) is 10.8 Å². The number of halogens is 3. The third-order valence-corrected chi connectivity index (χ3v) is 10.3. The third kappa shape index (κ3) is 3.74. The summed E-state index contributed by atoms with van der Waals surface area (Å²) < 4.78 is 66.9. The van der Waals surface area contributed by atoms with E-state index in [0.717, 1.165) is 44.0 Å². The number of hydrogen-bond acceptors (Lipinski definition) is 6. The molecule has 0 atom stereocenters. The highest BCUT2D eigenvalue weighted by Crippen LogP contribution is 2.54. The van der Waals surface area contributed by atoms with Gasteiger partial charge < -0.3 is 9.80 Å². The van der Waals surface area contributed by atoms with Crippen LogP contribution in [0.25, 0.3) is 0 Å². The monoisotopic (exact) mass is 537 g/mol. The molecule has 198 valence electrons. The summed E-state index contributed by atoms with van der Waals surface area (Å²) in [6.45, 7) is 2.92. The molecule has 2 aromatic heterocycles. The Morgan fingerprint density at radius 3 is 2.16 bits per heavy atom. The van der Waals surface area contributed by atoms with E-state index >= 15 is 0 Å². The van der Waals surface area contributed by atoms with Crippen LogP contribution in [-0.2, 0) is 16.2 Å². The van der Waals surface area contributed by atoms with Crippen LogP contribution in [0.5, 0.6) is 0 Å². The minimum absolute atomic E-state index is 0.00952. The molecule has 0 N–H and O–H groups in total. The molecular formula is C23H26F3N7O3S. The molecule has 37 heavy (non-hydrogen) atoms. The summed E-state index contributed by atoms with van der Waals surface area (Å²) in [5, 5.41) is 4.63. The van der Waals surface area contributed by atoms with Crippen molar-refractivity contribution in [2.24, 2.45) is 10.8 Å². The molecule has 0 aromatic carbocycles. The van der Waals surface area contributed by atoms with E-state index in [0.29, 0.717) is 31.1 Å². The van der Waals surface area contributed by atoms with E-state index in [9.17, 15) is 26.4 Å². The first-order chi connectivity index (χ1) is 17.5. The number of pyridine rings is 1. The van der Waals surface area contributed by atoms with Crippen molar-refractivity contribution in [2.45, 2.75) is 48.7 Å². The number of alkyl halides is 3. The molecule has 2 aliphatic carbocycles. The zero-order valence-corrected chi connectivity index (χ0v) is 20.7. The van der Waals surface area contributed by atoms with Gasteiger partial charge in [-0.25, -0.2) is 22.9 Å². The van der Waals surface area contributed by atoms with E-state index in [1.807, 2.05) is 15.9 Å². The van der Waals surface area contributed by atoms with Gasteiger partial charge in [-0.1, -0.05) is 0 Å². The lowest BCUT2D eigenvalue weighted by atomic mass is 9.60. The van der Waals surface area contributed by atoms with Gasteiger partial charge in [-0.3, -0.25) is 4.98 Å². The second-order valence-corrected chi connectivity index (χ2v) is 13.5. The molecule has 3 saturated heterocycles. The molecule has 7 rings (SSSR count). The topological polar surface area (TPSA) is 105 Å². The van der Waals surface area contributed by atoms with Crippen LogP contribution >= 0.6 is 0 Å². The molecule has 5 heterocycles. The van der Waals surface area contributed by atoms with E-state index in [1.54, 1.807) is 4.90 Å². The second-order valence-electron chi connectivity index (χ2n) is 11.6. The van der Waals surface area contributed by atoms with E-state index in [4.69, 9.17) is 0 Å². The third-order valence-electron chi connectivity index (χ3n) is 8.51. The normalized spacial score (nSPS) is 24.9. The van der Waals surface area contributed by atoms with Crippen molar-refractivity contribution in [1.29, 1.82) is 0 Å². The van der Waals surface area contributed by atoms with E-state index in [1.165, 1.54) is 17.1 Å². The molecular weight excluding hydrogens is 511 g/mol. The Labute approximate surface area is 211 Å². The minimum atomic E-state index is -4.63. The van der Waals surface area contributed by atoms with Crippen LogP contribution < -0.4 is 0 Å². The Kier molecular flexibility index (Phi) is 4.69. The van der Waals surface area contributed by atoms with E-state index in [-0.39, 0.29) is 34.8 Å². The Morgan fingerprint density at radius 2 is 1.59 bits per heavy atom. The molecule has 5 fully saturated rings. The molecule has 14 heteroatoms. The zero-order valence-electron chi connectivity index (χ0n) is 19.9. The van der Waals surface area contributed by atoms with Gasteiger partial charge in [0.15, 0.2) is 5.82 Å². The highest BCUT2D eigenvalue weighted by molar-refractivity contribution is 7.89. The smallest absolute Gasteiger partial charge is 0.323 e. The number of nitrogens with zero attached hydrogens (tertiary/aromatic N) is 7. The maximum Gasteiger partial charge on any atom is 0.433 e. The molecule has 0 radical (unpaired) electrons. The Balaban J connectivity index is 0.879. The van der Waals surface area contributed by atoms with Gasteiger partial charge in [-0.05, 0) is 37.8 Å². The molecule has 0 bridgehead atoms. The summed E-state index contributed by atoms with van der Waals surface area (Å²) in [7, 11) is -3.92. The number of urea groups is 1. The summed E-state index contributed by atoms with van der Waals surface area (Å²) in [4.78, 5) is 23.9. The lowest BCUT2D eigenvalue weighted by molar-refractivity contribution is -0.141. The van der Waals surface area contributed by atoms with Crippen molar-refractivity contribution in [3.63, 3.8) is 0 Å². The van der Waals surface area contributed by atoms with E-state index in [2.05, 4.69) is 15.1 Å². The quantitative estimate of drug-likeness (QED) is 0.593. The highest BCUT2D eigenvalue weighted by atomic mass is 32.2. The number of hydrogen-bond donors (Lipinski definition) is 0. The fraction of sp³-hybridized carbons (Fsp3) is 0.652. The molecule has 10 nitrogen and oxygen atoms in total. The van der Waals surface area contributed by atoms with Crippen molar-refractivity contribution in [2.75, 3.05) is 39.3 Å². The van der Waals surface area contributed by atoms with Crippen LogP contribution in [0.15, 0.2) is 29.6 Å². The fourth-order valence-corrected chi connectivity index (χ4v) is 7.91. The summed E-state index contributed by atoms with van der Waals surface area (Å²) in [5.41, 5.74) is -1.24. The van der Waals surface area contributed by atoms with Gasteiger partial charge in [0, 0.05) is 62.2 Å². The number of amides is 2. The van der Waals surface area contributed by atoms with Gasteiger partial charge in [0.2, 0.25) is 10.0 Å². The van der Waals surface area contributed by atoms with Crippen LogP contribution in [0.1, 0.15) is 49.2 Å². The molecule has 3 aliphatic heterocycles. The van der Waals surface area contributed by atoms with Crippen LogP contribution in [0.2, 0.25) is 0 Å². The summed E-state index contributed by atoms with van der Waals surface area (Å²) in [6.07, 6.45) is 2.32. The summed E-state index contributed by atoms with van der Waals surface area (Å²) >= 11 is 0. The van der Waals surface area contributed by atoms with Crippen molar-refractivity contribution >= 4 is 16.1 Å². The average Bonchev–Trinajstić information content (AvgIpc) is 3.47. The van der Waals surface area contributed by atoms with Crippen LogP contribution in [0.3, 0.4) is 0 Å².